The van der Waals surface area contributed by atoms with Gasteiger partial charge in [0.05, 0.1) is 0 Å². The third-order valence-corrected chi connectivity index (χ3v) is 5.35. The minimum absolute atomic E-state index is 0.527. The fraction of sp³-hybridized carbons (Fsp3) is 0.773. The predicted octanol–water partition coefficient (Wildman–Crippen LogP) is -2.54. The zero-order chi connectivity index (χ0) is 28.7. The number of carbonyl (C=O) groups excluding carboxylic acids is 5. The molecule has 0 unspecified atom stereocenters. The van der Waals surface area contributed by atoms with Crippen LogP contribution in [0.5, 0.6) is 0 Å². The second kappa shape index (κ2) is 13.8. The molecule has 3 N–H and O–H groups in total. The molecule has 2 heterocycles. The number of aliphatic hydroxyl groups is 3. The number of aliphatic hydroxyl groups excluding tert-OH is 3. The molecule has 2 aliphatic rings. The zero-order valence-corrected chi connectivity index (χ0v) is 21.3. The van der Waals surface area contributed by atoms with E-state index in [0.717, 1.165) is 34.6 Å². The van der Waals surface area contributed by atoms with Crippen molar-refractivity contribution in [1.82, 2.24) is 0 Å². The number of esters is 5. The molecule has 2 rings (SSSR count). The highest BCUT2D eigenvalue weighted by Crippen LogP contribution is 2.33. The van der Waals surface area contributed by atoms with Crippen molar-refractivity contribution in [1.29, 1.82) is 0 Å². The van der Waals surface area contributed by atoms with Crippen LogP contribution in [0, 0.1) is 0 Å². The Bertz CT molecular complexity index is 873. The van der Waals surface area contributed by atoms with Crippen LogP contribution in [-0.2, 0) is 61.9 Å². The molecule has 0 spiro atoms. The van der Waals surface area contributed by atoms with Gasteiger partial charge in [-0.05, 0) is 0 Å². The largest absolute Gasteiger partial charge is 0.463 e. The molecule has 0 radical (unpaired) electrons. The quantitative estimate of drug-likeness (QED) is 0.198. The fourth-order valence-corrected chi connectivity index (χ4v) is 3.86. The Morgan fingerprint density at radius 2 is 1.05 bits per heavy atom. The minimum Gasteiger partial charge on any atom is -0.463 e. The Morgan fingerprint density at radius 3 is 1.55 bits per heavy atom. The van der Waals surface area contributed by atoms with Gasteiger partial charge in [-0.1, -0.05) is 0 Å². The molecule has 0 aromatic carbocycles. The summed E-state index contributed by atoms with van der Waals surface area (Å²) in [5.74, 6) is -4.10. The zero-order valence-electron chi connectivity index (χ0n) is 21.3. The highest BCUT2D eigenvalue weighted by atomic mass is 16.8. The standard InChI is InChI=1S/C22H32O16/c1-8(23)31-6-13-15(28)16(29)18(33-10(3)25)22(37-13)38-17-14(7-32-9(2)24)36-21(30)20(35-12(5)27)19(17)34-11(4)26/h13-22,28-30H,6-7H2,1-5H3/t13-,14-,15+,16+,17-,18-,19+,20-,21-,22+/m1/s1. The first-order valence-electron chi connectivity index (χ1n) is 11.5. The number of ether oxygens (including phenoxy) is 8. The van der Waals surface area contributed by atoms with Crippen molar-refractivity contribution in [3.8, 4) is 0 Å². The summed E-state index contributed by atoms with van der Waals surface area (Å²) in [6.45, 7) is 4.19. The van der Waals surface area contributed by atoms with Crippen molar-refractivity contribution in [2.45, 2.75) is 96.0 Å². The Kier molecular flexibility index (Phi) is 11.4. The molecule has 2 aliphatic heterocycles. The van der Waals surface area contributed by atoms with Crippen molar-refractivity contribution in [2.75, 3.05) is 13.2 Å². The molecule has 16 heteroatoms. The number of carbonyl (C=O) groups is 5. The summed E-state index contributed by atoms with van der Waals surface area (Å²) < 4.78 is 42.2. The molecular formula is C22H32O16. The molecule has 0 bridgehead atoms. The van der Waals surface area contributed by atoms with Gasteiger partial charge >= 0.3 is 29.8 Å². The summed E-state index contributed by atoms with van der Waals surface area (Å²) in [5.41, 5.74) is 0. The second-order valence-corrected chi connectivity index (χ2v) is 8.52. The topological polar surface area (TPSA) is 220 Å². The van der Waals surface area contributed by atoms with E-state index >= 15 is 0 Å². The molecule has 0 amide bonds. The number of hydrogen-bond acceptors (Lipinski definition) is 16. The van der Waals surface area contributed by atoms with Gasteiger partial charge in [-0.3, -0.25) is 24.0 Å². The van der Waals surface area contributed by atoms with Crippen LogP contribution in [0.2, 0.25) is 0 Å². The van der Waals surface area contributed by atoms with E-state index < -0.39 is 104 Å². The van der Waals surface area contributed by atoms with E-state index in [4.69, 9.17) is 37.9 Å². The first-order valence-corrected chi connectivity index (χ1v) is 11.5. The smallest absolute Gasteiger partial charge is 0.303 e. The van der Waals surface area contributed by atoms with Crippen LogP contribution >= 0.6 is 0 Å². The second-order valence-electron chi connectivity index (χ2n) is 8.52. The van der Waals surface area contributed by atoms with E-state index in [-0.39, 0.29) is 0 Å². The first kappa shape index (κ1) is 31.3. The van der Waals surface area contributed by atoms with Crippen LogP contribution in [0.15, 0.2) is 0 Å². The highest BCUT2D eigenvalue weighted by molar-refractivity contribution is 5.68. The summed E-state index contributed by atoms with van der Waals surface area (Å²) in [6, 6.07) is 0. The minimum atomic E-state index is -1.86. The van der Waals surface area contributed by atoms with E-state index in [1.807, 2.05) is 0 Å². The van der Waals surface area contributed by atoms with Crippen LogP contribution in [0.3, 0.4) is 0 Å². The lowest BCUT2D eigenvalue weighted by Gasteiger charge is -2.47. The normalized spacial score (nSPS) is 34.9. The van der Waals surface area contributed by atoms with E-state index in [1.165, 1.54) is 0 Å². The maximum Gasteiger partial charge on any atom is 0.303 e. The molecule has 2 saturated heterocycles. The van der Waals surface area contributed by atoms with Crippen molar-refractivity contribution in [3.63, 3.8) is 0 Å². The third-order valence-electron chi connectivity index (χ3n) is 5.35. The molecule has 0 aromatic rings. The van der Waals surface area contributed by atoms with Gasteiger partial charge in [0.1, 0.15) is 43.7 Å². The lowest BCUT2D eigenvalue weighted by Crippen LogP contribution is -2.66. The molecule has 2 fully saturated rings. The Balaban J connectivity index is 2.47. The third kappa shape index (κ3) is 8.57. The van der Waals surface area contributed by atoms with Crippen molar-refractivity contribution in [2.24, 2.45) is 0 Å². The Morgan fingerprint density at radius 1 is 0.579 bits per heavy atom. The van der Waals surface area contributed by atoms with Crippen molar-refractivity contribution >= 4 is 29.8 Å². The molecule has 0 aliphatic carbocycles. The average molecular weight is 552 g/mol. The SMILES string of the molecule is CC(=O)OC[C@H]1O[C@@H](O[C@H]2[C@H](OC(C)=O)[C@@H](OC(C)=O)[C@H](O)O[C@@H]2COC(C)=O)[C@H](OC(C)=O)[C@@H](O)[C@H]1O. The highest BCUT2D eigenvalue weighted by Gasteiger charge is 2.55. The number of hydrogen-bond donors (Lipinski definition) is 3. The Labute approximate surface area is 216 Å². The fourth-order valence-electron chi connectivity index (χ4n) is 3.86. The van der Waals surface area contributed by atoms with Crippen LogP contribution in [0.25, 0.3) is 0 Å². The van der Waals surface area contributed by atoms with Crippen molar-refractivity contribution < 1.29 is 77.2 Å². The number of rotatable bonds is 9. The summed E-state index contributed by atoms with van der Waals surface area (Å²) in [5, 5.41) is 31.6. The van der Waals surface area contributed by atoms with E-state index in [1.54, 1.807) is 0 Å². The molecule has 38 heavy (non-hydrogen) atoms. The lowest BCUT2D eigenvalue weighted by molar-refractivity contribution is -0.356. The van der Waals surface area contributed by atoms with Gasteiger partial charge in [-0.2, -0.15) is 0 Å². The lowest BCUT2D eigenvalue weighted by atomic mass is 9.96. The summed E-state index contributed by atoms with van der Waals surface area (Å²) in [4.78, 5) is 58.0. The summed E-state index contributed by atoms with van der Waals surface area (Å²) >= 11 is 0. The van der Waals surface area contributed by atoms with Crippen molar-refractivity contribution in [3.05, 3.63) is 0 Å². The molecule has 0 aromatic heterocycles. The van der Waals surface area contributed by atoms with Gasteiger partial charge in [0.25, 0.3) is 0 Å². The van der Waals surface area contributed by atoms with E-state index in [2.05, 4.69) is 0 Å². The van der Waals surface area contributed by atoms with Crippen LogP contribution in [-0.4, -0.2) is 120 Å². The molecule has 0 saturated carbocycles. The first-order chi connectivity index (χ1) is 17.7. The van der Waals surface area contributed by atoms with Crippen LogP contribution < -0.4 is 0 Å². The molecule has 216 valence electrons. The van der Waals surface area contributed by atoms with Gasteiger partial charge in [0.2, 0.25) is 0 Å². The monoisotopic (exact) mass is 552 g/mol. The average Bonchev–Trinajstić information content (AvgIpc) is 2.79. The molecule has 10 atom stereocenters. The van der Waals surface area contributed by atoms with E-state index in [9.17, 15) is 39.3 Å². The summed E-state index contributed by atoms with van der Waals surface area (Å²) in [6.07, 6.45) is -16.2. The summed E-state index contributed by atoms with van der Waals surface area (Å²) in [7, 11) is 0. The van der Waals surface area contributed by atoms with Gasteiger partial charge in [-0.15, -0.1) is 0 Å². The molecular weight excluding hydrogens is 520 g/mol. The van der Waals surface area contributed by atoms with E-state index in [0.29, 0.717) is 0 Å². The maximum atomic E-state index is 11.9. The van der Waals surface area contributed by atoms with Gasteiger partial charge < -0.3 is 53.2 Å². The van der Waals surface area contributed by atoms with Gasteiger partial charge in [-0.25, -0.2) is 0 Å². The van der Waals surface area contributed by atoms with Gasteiger partial charge in [0.15, 0.2) is 30.9 Å². The Hall–Kier alpha value is -2.89. The van der Waals surface area contributed by atoms with Crippen LogP contribution in [0.1, 0.15) is 34.6 Å². The van der Waals surface area contributed by atoms with Crippen LogP contribution in [0.4, 0.5) is 0 Å². The molecule has 16 nitrogen and oxygen atoms in total. The maximum absolute atomic E-state index is 11.9. The van der Waals surface area contributed by atoms with Gasteiger partial charge in [0, 0.05) is 34.6 Å². The predicted molar refractivity (Wildman–Crippen MR) is 116 cm³/mol.